The fourth-order valence-corrected chi connectivity index (χ4v) is 3.33. The molecule has 3 rings (SSSR count). The largest absolute Gasteiger partial charge is 0.381 e. The summed E-state index contributed by atoms with van der Waals surface area (Å²) in [5.41, 5.74) is 6.39. The van der Waals surface area contributed by atoms with Crippen molar-refractivity contribution in [2.75, 3.05) is 26.4 Å². The number of benzene rings is 1. The first-order chi connectivity index (χ1) is 10.8. The molecule has 120 valence electrons. The molecule has 5 heteroatoms. The van der Waals surface area contributed by atoms with Gasteiger partial charge in [0.05, 0.1) is 19.3 Å². The van der Waals surface area contributed by atoms with Gasteiger partial charge in [-0.15, -0.1) is 0 Å². The van der Waals surface area contributed by atoms with Gasteiger partial charge in [0.25, 0.3) is 5.91 Å². The third-order valence-electron chi connectivity index (χ3n) is 4.51. The van der Waals surface area contributed by atoms with Crippen molar-refractivity contribution in [3.8, 4) is 0 Å². The molecule has 1 aromatic carbocycles. The predicted molar refractivity (Wildman–Crippen MR) is 81.1 cm³/mol. The van der Waals surface area contributed by atoms with Gasteiger partial charge in [0.15, 0.2) is 6.10 Å². The maximum Gasteiger partial charge on any atom is 0.251 e. The number of nitrogens with two attached hydrogens (primary N) is 1. The summed E-state index contributed by atoms with van der Waals surface area (Å²) in [7, 11) is 0. The van der Waals surface area contributed by atoms with Crippen LogP contribution in [0.3, 0.4) is 0 Å². The van der Waals surface area contributed by atoms with Crippen LogP contribution in [-0.4, -0.2) is 38.4 Å². The Balaban J connectivity index is 1.78. The van der Waals surface area contributed by atoms with Crippen LogP contribution in [0.25, 0.3) is 0 Å². The van der Waals surface area contributed by atoms with E-state index in [4.69, 9.17) is 19.9 Å². The Morgan fingerprint density at radius 1 is 1.09 bits per heavy atom. The van der Waals surface area contributed by atoms with Crippen LogP contribution in [0.1, 0.15) is 24.5 Å². The molecule has 22 heavy (non-hydrogen) atoms. The Morgan fingerprint density at radius 3 is 2.14 bits per heavy atom. The van der Waals surface area contributed by atoms with E-state index in [0.29, 0.717) is 25.0 Å². The molecule has 1 aromatic rings. The molecule has 3 atom stereocenters. The van der Waals surface area contributed by atoms with E-state index in [1.165, 1.54) is 0 Å². The van der Waals surface area contributed by atoms with E-state index < -0.39 is 12.0 Å². The summed E-state index contributed by atoms with van der Waals surface area (Å²) in [5, 5.41) is 0. The van der Waals surface area contributed by atoms with E-state index in [1.54, 1.807) is 0 Å². The average molecular weight is 305 g/mol. The van der Waals surface area contributed by atoms with Gasteiger partial charge in [0.2, 0.25) is 0 Å². The number of ether oxygens (including phenoxy) is 3. The van der Waals surface area contributed by atoms with E-state index in [-0.39, 0.29) is 6.10 Å². The lowest BCUT2D eigenvalue weighted by molar-refractivity contribution is -0.140. The molecule has 0 aromatic heterocycles. The van der Waals surface area contributed by atoms with E-state index in [1.807, 2.05) is 30.3 Å². The first-order valence-electron chi connectivity index (χ1n) is 7.91. The fourth-order valence-electron chi connectivity index (χ4n) is 3.33. The molecule has 2 N–H and O–H groups in total. The summed E-state index contributed by atoms with van der Waals surface area (Å²) in [6.45, 7) is 2.87. The van der Waals surface area contributed by atoms with Gasteiger partial charge in [-0.1, -0.05) is 30.3 Å². The molecule has 2 saturated heterocycles. The van der Waals surface area contributed by atoms with Crippen molar-refractivity contribution >= 4 is 5.91 Å². The lowest BCUT2D eigenvalue weighted by atomic mass is 9.89. The second-order valence-corrected chi connectivity index (χ2v) is 6.04. The van der Waals surface area contributed by atoms with E-state index in [9.17, 15) is 4.79 Å². The van der Waals surface area contributed by atoms with Gasteiger partial charge in [0.1, 0.15) is 0 Å². The van der Waals surface area contributed by atoms with Crippen LogP contribution in [0.5, 0.6) is 0 Å². The average Bonchev–Trinajstić information content (AvgIpc) is 3.22. The van der Waals surface area contributed by atoms with Crippen molar-refractivity contribution in [1.29, 1.82) is 0 Å². The number of carbonyl (C=O) groups excluding carboxylic acids is 1. The lowest BCUT2D eigenvalue weighted by Gasteiger charge is -2.31. The number of carbonyl (C=O) groups is 1. The van der Waals surface area contributed by atoms with Crippen LogP contribution in [-0.2, 0) is 19.0 Å². The van der Waals surface area contributed by atoms with Gasteiger partial charge in [-0.3, -0.25) is 4.79 Å². The molecule has 2 fully saturated rings. The van der Waals surface area contributed by atoms with Gasteiger partial charge >= 0.3 is 0 Å². The number of primary amides is 1. The van der Waals surface area contributed by atoms with Crippen LogP contribution >= 0.6 is 0 Å². The standard InChI is InChI=1S/C17H23NO4/c18-17(19)16(12-4-2-1-3-5-12)22-15(13-6-8-20-10-13)14-7-9-21-11-14/h1-5,13-16H,6-11H2,(H2,18,19). The van der Waals surface area contributed by atoms with Crippen LogP contribution in [0.2, 0.25) is 0 Å². The monoisotopic (exact) mass is 305 g/mol. The molecular weight excluding hydrogens is 282 g/mol. The normalized spacial score (nSPS) is 27.6. The van der Waals surface area contributed by atoms with Crippen molar-refractivity contribution in [1.82, 2.24) is 0 Å². The molecule has 0 radical (unpaired) electrons. The van der Waals surface area contributed by atoms with Crippen molar-refractivity contribution in [3.63, 3.8) is 0 Å². The van der Waals surface area contributed by atoms with Gasteiger partial charge in [-0.05, 0) is 18.4 Å². The van der Waals surface area contributed by atoms with Crippen molar-refractivity contribution in [2.45, 2.75) is 25.0 Å². The zero-order valence-corrected chi connectivity index (χ0v) is 12.6. The second-order valence-electron chi connectivity index (χ2n) is 6.04. The molecule has 0 aliphatic carbocycles. The summed E-state index contributed by atoms with van der Waals surface area (Å²) in [6, 6.07) is 9.45. The molecule has 0 saturated carbocycles. The maximum atomic E-state index is 11.9. The predicted octanol–water partition coefficient (Wildman–Crippen LogP) is 1.67. The highest BCUT2D eigenvalue weighted by Crippen LogP contribution is 2.33. The molecule has 3 unspecified atom stereocenters. The maximum absolute atomic E-state index is 11.9. The molecule has 0 bridgehead atoms. The zero-order chi connectivity index (χ0) is 15.4. The minimum Gasteiger partial charge on any atom is -0.381 e. The number of amides is 1. The summed E-state index contributed by atoms with van der Waals surface area (Å²) < 4.78 is 17.2. The molecule has 2 aliphatic heterocycles. The number of hydrogen-bond acceptors (Lipinski definition) is 4. The molecule has 0 spiro atoms. The zero-order valence-electron chi connectivity index (χ0n) is 12.6. The van der Waals surface area contributed by atoms with Gasteiger partial charge < -0.3 is 19.9 Å². The lowest BCUT2D eigenvalue weighted by Crippen LogP contribution is -2.37. The smallest absolute Gasteiger partial charge is 0.251 e. The topological polar surface area (TPSA) is 70.8 Å². The third kappa shape index (κ3) is 3.48. The number of hydrogen-bond donors (Lipinski definition) is 1. The van der Waals surface area contributed by atoms with Crippen molar-refractivity contribution in [2.24, 2.45) is 17.6 Å². The highest BCUT2D eigenvalue weighted by Gasteiger charge is 2.38. The van der Waals surface area contributed by atoms with Crippen molar-refractivity contribution < 1.29 is 19.0 Å². The fraction of sp³-hybridized carbons (Fsp3) is 0.588. The van der Waals surface area contributed by atoms with Gasteiger partial charge in [0, 0.05) is 25.0 Å². The number of rotatable bonds is 6. The summed E-state index contributed by atoms with van der Waals surface area (Å²) in [6.07, 6.45) is 1.15. The molecule has 2 aliphatic rings. The Labute approximate surface area is 130 Å². The first-order valence-corrected chi connectivity index (χ1v) is 7.91. The summed E-state index contributed by atoms with van der Waals surface area (Å²) >= 11 is 0. The van der Waals surface area contributed by atoms with E-state index >= 15 is 0 Å². The summed E-state index contributed by atoms with van der Waals surface area (Å²) in [5.74, 6) is 0.156. The Kier molecular flexibility index (Phi) is 5.08. The molecular formula is C17H23NO4. The molecule has 2 heterocycles. The highest BCUT2D eigenvalue weighted by molar-refractivity contribution is 5.80. The molecule has 1 amide bonds. The van der Waals surface area contributed by atoms with Crippen LogP contribution < -0.4 is 5.73 Å². The van der Waals surface area contributed by atoms with Crippen LogP contribution in [0.4, 0.5) is 0 Å². The Morgan fingerprint density at radius 2 is 1.68 bits per heavy atom. The molecule has 5 nitrogen and oxygen atoms in total. The minimum atomic E-state index is -0.715. The third-order valence-corrected chi connectivity index (χ3v) is 4.51. The van der Waals surface area contributed by atoms with E-state index in [0.717, 1.165) is 31.6 Å². The van der Waals surface area contributed by atoms with Crippen molar-refractivity contribution in [3.05, 3.63) is 35.9 Å². The SMILES string of the molecule is NC(=O)C(OC(C1CCOC1)C1CCOC1)c1ccccc1. The van der Waals surface area contributed by atoms with Gasteiger partial charge in [-0.25, -0.2) is 0 Å². The minimum absolute atomic E-state index is 0.0530. The Bertz CT molecular complexity index is 465. The Hall–Kier alpha value is -1.43. The first kappa shape index (κ1) is 15.5. The van der Waals surface area contributed by atoms with Crippen LogP contribution in [0, 0.1) is 11.8 Å². The van der Waals surface area contributed by atoms with Crippen LogP contribution in [0.15, 0.2) is 30.3 Å². The second kappa shape index (κ2) is 7.22. The van der Waals surface area contributed by atoms with Gasteiger partial charge in [-0.2, -0.15) is 0 Å². The summed E-state index contributed by atoms with van der Waals surface area (Å²) in [4.78, 5) is 11.9. The highest BCUT2D eigenvalue weighted by atomic mass is 16.5. The van der Waals surface area contributed by atoms with E-state index in [2.05, 4.69) is 0 Å². The quantitative estimate of drug-likeness (QED) is 0.868.